The molecule has 0 aromatic carbocycles. The van der Waals surface area contributed by atoms with Crippen LogP contribution in [0, 0.1) is 25.7 Å². The van der Waals surface area contributed by atoms with Gasteiger partial charge in [0.05, 0.1) is 36.7 Å². The van der Waals surface area contributed by atoms with E-state index in [0.29, 0.717) is 59.0 Å². The van der Waals surface area contributed by atoms with E-state index in [1.807, 2.05) is 33.8 Å². The lowest BCUT2D eigenvalue weighted by atomic mass is 9.80. The number of hydrogen-bond acceptors (Lipinski definition) is 9. The molecule has 1 aliphatic carbocycles. The topological polar surface area (TPSA) is 132 Å². The maximum absolute atomic E-state index is 11.6. The van der Waals surface area contributed by atoms with Gasteiger partial charge in [-0.3, -0.25) is 9.78 Å². The SMILES string of the molecule is Cc1nc(-c2onc(C)c2Nc2cncc(OC(C)C)n2)ccc1OC[C@H]1CCCC[C@@H]1C(=O)O. The van der Waals surface area contributed by atoms with Crippen molar-refractivity contribution in [3.8, 4) is 23.1 Å². The highest BCUT2D eigenvalue weighted by atomic mass is 16.5. The summed E-state index contributed by atoms with van der Waals surface area (Å²) in [6, 6.07) is 3.63. The second-order valence-electron chi connectivity index (χ2n) is 9.09. The second-order valence-corrected chi connectivity index (χ2v) is 9.09. The lowest BCUT2D eigenvalue weighted by Gasteiger charge is -2.28. The summed E-state index contributed by atoms with van der Waals surface area (Å²) in [4.78, 5) is 24.8. The molecular formula is C25H31N5O5. The zero-order valence-electron chi connectivity index (χ0n) is 20.4. The van der Waals surface area contributed by atoms with Gasteiger partial charge in [0, 0.05) is 5.92 Å². The van der Waals surface area contributed by atoms with E-state index >= 15 is 0 Å². The highest BCUT2D eigenvalue weighted by molar-refractivity contribution is 5.76. The van der Waals surface area contributed by atoms with Crippen molar-refractivity contribution in [2.75, 3.05) is 11.9 Å². The van der Waals surface area contributed by atoms with Crippen LogP contribution in [0.15, 0.2) is 29.0 Å². The van der Waals surface area contributed by atoms with Crippen LogP contribution < -0.4 is 14.8 Å². The molecule has 35 heavy (non-hydrogen) atoms. The standard InChI is InChI=1S/C25H31N5O5/c1-14(2)34-22-12-26-11-21(28-22)29-23-16(4)30-35-24(23)19-9-10-20(15(3)27-19)33-13-17-7-5-6-8-18(17)25(31)32/h9-12,14,17-18H,5-8,13H2,1-4H3,(H,28,29)(H,31,32)/t17-,18+/m1/s1. The van der Waals surface area contributed by atoms with E-state index < -0.39 is 5.97 Å². The zero-order valence-corrected chi connectivity index (χ0v) is 20.4. The van der Waals surface area contributed by atoms with E-state index in [1.165, 1.54) is 0 Å². The summed E-state index contributed by atoms with van der Waals surface area (Å²) >= 11 is 0. The number of carboxylic acid groups (broad SMARTS) is 1. The number of aliphatic carboxylic acids is 1. The van der Waals surface area contributed by atoms with E-state index in [1.54, 1.807) is 18.5 Å². The molecule has 0 aliphatic heterocycles. The molecule has 1 saturated carbocycles. The Hall–Kier alpha value is -3.69. The first-order valence-corrected chi connectivity index (χ1v) is 11.9. The lowest BCUT2D eigenvalue weighted by Crippen LogP contribution is -2.31. The highest BCUT2D eigenvalue weighted by Crippen LogP contribution is 2.34. The van der Waals surface area contributed by atoms with E-state index in [4.69, 9.17) is 14.0 Å². The molecule has 0 saturated heterocycles. The molecule has 1 fully saturated rings. The predicted octanol–water partition coefficient (Wildman–Crippen LogP) is 4.94. The van der Waals surface area contributed by atoms with Gasteiger partial charge in [-0.05, 0) is 52.7 Å². The average Bonchev–Trinajstić information content (AvgIpc) is 3.18. The van der Waals surface area contributed by atoms with E-state index in [0.717, 1.165) is 19.3 Å². The molecule has 4 rings (SSSR count). The minimum absolute atomic E-state index is 0.00426. The molecule has 2 N–H and O–H groups in total. The van der Waals surface area contributed by atoms with Gasteiger partial charge in [-0.25, -0.2) is 4.98 Å². The Morgan fingerprint density at radius 1 is 1.17 bits per heavy atom. The zero-order chi connectivity index (χ0) is 24.9. The number of anilines is 2. The Morgan fingerprint density at radius 2 is 1.97 bits per heavy atom. The summed E-state index contributed by atoms with van der Waals surface area (Å²) in [7, 11) is 0. The summed E-state index contributed by atoms with van der Waals surface area (Å²) in [5.74, 6) is 0.910. The van der Waals surface area contributed by atoms with Crippen LogP contribution in [0.5, 0.6) is 11.6 Å². The van der Waals surface area contributed by atoms with Crippen molar-refractivity contribution in [2.24, 2.45) is 11.8 Å². The van der Waals surface area contributed by atoms with Crippen LogP contribution >= 0.6 is 0 Å². The van der Waals surface area contributed by atoms with Crippen LogP contribution in [0.1, 0.15) is 50.9 Å². The number of pyridine rings is 1. The molecular weight excluding hydrogens is 450 g/mol. The lowest BCUT2D eigenvalue weighted by molar-refractivity contribution is -0.145. The number of aryl methyl sites for hydroxylation is 2. The van der Waals surface area contributed by atoms with Crippen molar-refractivity contribution < 1.29 is 23.9 Å². The predicted molar refractivity (Wildman–Crippen MR) is 129 cm³/mol. The van der Waals surface area contributed by atoms with Gasteiger partial charge in [0.1, 0.15) is 22.8 Å². The first kappa shape index (κ1) is 24.4. The second kappa shape index (κ2) is 10.7. The van der Waals surface area contributed by atoms with Gasteiger partial charge in [-0.2, -0.15) is 4.98 Å². The third kappa shape index (κ3) is 5.87. The number of nitrogens with zero attached hydrogens (tertiary/aromatic N) is 4. The third-order valence-corrected chi connectivity index (χ3v) is 6.03. The van der Waals surface area contributed by atoms with Crippen molar-refractivity contribution in [2.45, 2.75) is 59.5 Å². The van der Waals surface area contributed by atoms with Gasteiger partial charge in [-0.15, -0.1) is 0 Å². The molecule has 10 heteroatoms. The molecule has 1 aliphatic rings. The third-order valence-electron chi connectivity index (χ3n) is 6.03. The molecule has 0 unspecified atom stereocenters. The van der Waals surface area contributed by atoms with Gasteiger partial charge in [0.25, 0.3) is 0 Å². The molecule has 0 radical (unpaired) electrons. The van der Waals surface area contributed by atoms with Gasteiger partial charge < -0.3 is 24.4 Å². The smallest absolute Gasteiger partial charge is 0.306 e. The molecule has 0 bridgehead atoms. The quantitative estimate of drug-likeness (QED) is 0.433. The fourth-order valence-corrected chi connectivity index (χ4v) is 4.28. The minimum atomic E-state index is -0.741. The van der Waals surface area contributed by atoms with E-state index in [9.17, 15) is 9.90 Å². The Labute approximate surface area is 204 Å². The maximum atomic E-state index is 11.6. The first-order chi connectivity index (χ1) is 16.8. The van der Waals surface area contributed by atoms with Crippen molar-refractivity contribution >= 4 is 17.5 Å². The highest BCUT2D eigenvalue weighted by Gasteiger charge is 2.31. The van der Waals surface area contributed by atoms with Crippen molar-refractivity contribution in [3.05, 3.63) is 35.9 Å². The first-order valence-electron chi connectivity index (χ1n) is 11.9. The largest absolute Gasteiger partial charge is 0.491 e. The summed E-state index contributed by atoms with van der Waals surface area (Å²) in [5.41, 5.74) is 2.54. The molecule has 0 amide bonds. The van der Waals surface area contributed by atoms with Gasteiger partial charge >= 0.3 is 5.97 Å². The Bertz CT molecular complexity index is 1180. The molecule has 10 nitrogen and oxygen atoms in total. The average molecular weight is 482 g/mol. The number of aromatic nitrogens is 4. The van der Waals surface area contributed by atoms with Crippen molar-refractivity contribution in [1.82, 2.24) is 20.1 Å². The van der Waals surface area contributed by atoms with Crippen LogP contribution in [0.25, 0.3) is 11.5 Å². The summed E-state index contributed by atoms with van der Waals surface area (Å²) in [6.45, 7) is 7.88. The Kier molecular flexibility index (Phi) is 7.48. The van der Waals surface area contributed by atoms with Crippen LogP contribution in [0.3, 0.4) is 0 Å². The van der Waals surface area contributed by atoms with Gasteiger partial charge in [-0.1, -0.05) is 18.0 Å². The number of hydrogen-bond donors (Lipinski definition) is 2. The molecule has 2 atom stereocenters. The molecule has 3 heterocycles. The summed E-state index contributed by atoms with van der Waals surface area (Å²) in [6.07, 6.45) is 6.68. The van der Waals surface area contributed by atoms with Gasteiger partial charge in [0.2, 0.25) is 11.6 Å². The van der Waals surface area contributed by atoms with Crippen LogP contribution in [0.4, 0.5) is 11.5 Å². The maximum Gasteiger partial charge on any atom is 0.306 e. The summed E-state index contributed by atoms with van der Waals surface area (Å²) < 4.78 is 17.2. The molecule has 3 aromatic heterocycles. The minimum Gasteiger partial charge on any atom is -0.491 e. The van der Waals surface area contributed by atoms with E-state index in [-0.39, 0.29) is 17.9 Å². The number of nitrogens with one attached hydrogen (secondary N) is 1. The van der Waals surface area contributed by atoms with Crippen LogP contribution in [-0.4, -0.2) is 43.9 Å². The monoisotopic (exact) mass is 481 g/mol. The fourth-order valence-electron chi connectivity index (χ4n) is 4.28. The fraction of sp³-hybridized carbons (Fsp3) is 0.480. The van der Waals surface area contributed by atoms with Crippen molar-refractivity contribution in [1.29, 1.82) is 0 Å². The number of carboxylic acids is 1. The Balaban J connectivity index is 1.50. The number of ether oxygens (including phenoxy) is 2. The molecule has 186 valence electrons. The normalized spacial score (nSPS) is 17.9. The molecule has 0 spiro atoms. The number of carbonyl (C=O) groups is 1. The van der Waals surface area contributed by atoms with Gasteiger partial charge in [0.15, 0.2) is 5.82 Å². The van der Waals surface area contributed by atoms with Crippen LogP contribution in [-0.2, 0) is 4.79 Å². The summed E-state index contributed by atoms with van der Waals surface area (Å²) in [5, 5.41) is 16.8. The molecule has 3 aromatic rings. The Morgan fingerprint density at radius 3 is 2.71 bits per heavy atom. The number of rotatable bonds is 9. The van der Waals surface area contributed by atoms with E-state index in [2.05, 4.69) is 25.4 Å². The van der Waals surface area contributed by atoms with Crippen molar-refractivity contribution in [3.63, 3.8) is 0 Å². The van der Waals surface area contributed by atoms with Crippen LogP contribution in [0.2, 0.25) is 0 Å².